The second kappa shape index (κ2) is 5.81. The molecule has 0 spiro atoms. The Morgan fingerprint density at radius 3 is 2.50 bits per heavy atom. The van der Waals surface area contributed by atoms with Crippen molar-refractivity contribution in [2.24, 2.45) is 0 Å². The molecule has 0 atom stereocenters. The van der Waals surface area contributed by atoms with Gasteiger partial charge in [-0.2, -0.15) is 0 Å². The normalized spacial score (nSPS) is 9.86. The van der Waals surface area contributed by atoms with E-state index in [2.05, 4.69) is 15.9 Å². The molecule has 0 saturated heterocycles. The van der Waals surface area contributed by atoms with Gasteiger partial charge in [0, 0.05) is 11.8 Å². The summed E-state index contributed by atoms with van der Waals surface area (Å²) in [6.07, 6.45) is 0.499. The molecule has 0 unspecified atom stereocenters. The highest BCUT2D eigenvalue weighted by Gasteiger charge is 1.98. The predicted octanol–water partition coefficient (Wildman–Crippen LogP) is 2.59. The van der Waals surface area contributed by atoms with Crippen LogP contribution in [0.4, 0.5) is 0 Å². The minimum absolute atomic E-state index is 0.180. The lowest BCUT2D eigenvalue weighted by atomic mass is 10.1. The Labute approximate surface area is 92.4 Å². The summed E-state index contributed by atoms with van der Waals surface area (Å²) in [4.78, 5) is 10.8. The molecule has 2 nitrogen and oxygen atoms in total. The Bertz CT molecular complexity index is 293. The third-order valence-corrected chi connectivity index (χ3v) is 2.05. The molecular weight excluding hydrogens is 244 g/mol. The Hall–Kier alpha value is -0.830. The zero-order chi connectivity index (χ0) is 10.4. The van der Waals surface area contributed by atoms with Crippen LogP contribution in [0.3, 0.4) is 0 Å². The smallest absolute Gasteiger partial charge is 0.134 e. The number of rotatable bonds is 5. The van der Waals surface area contributed by atoms with Crippen molar-refractivity contribution in [2.45, 2.75) is 13.3 Å². The summed E-state index contributed by atoms with van der Waals surface area (Å²) in [5, 5.41) is 0.822. The van der Waals surface area contributed by atoms with Gasteiger partial charge in [0.2, 0.25) is 0 Å². The van der Waals surface area contributed by atoms with Crippen LogP contribution in [0.1, 0.15) is 12.5 Å². The van der Waals surface area contributed by atoms with Crippen molar-refractivity contribution in [3.8, 4) is 5.75 Å². The van der Waals surface area contributed by atoms with E-state index in [0.29, 0.717) is 13.0 Å². The summed E-state index contributed by atoms with van der Waals surface area (Å²) in [6.45, 7) is 2.25. The Kier molecular flexibility index (Phi) is 4.66. The van der Waals surface area contributed by atoms with E-state index in [9.17, 15) is 4.79 Å². The van der Waals surface area contributed by atoms with E-state index in [0.717, 1.165) is 16.6 Å². The van der Waals surface area contributed by atoms with Crippen LogP contribution in [0.25, 0.3) is 0 Å². The number of benzene rings is 1. The Balaban J connectivity index is 2.54. The molecule has 0 aliphatic rings. The largest absolute Gasteiger partial charge is 0.493 e. The van der Waals surface area contributed by atoms with E-state index in [1.54, 1.807) is 6.92 Å². The molecule has 0 bridgehead atoms. The molecule has 0 aromatic heterocycles. The Morgan fingerprint density at radius 1 is 1.36 bits per heavy atom. The predicted molar refractivity (Wildman–Crippen MR) is 60.1 cm³/mol. The summed E-state index contributed by atoms with van der Waals surface area (Å²) in [6, 6.07) is 7.62. The molecular formula is C11H13BrO2. The number of ketones is 1. The van der Waals surface area contributed by atoms with Crippen molar-refractivity contribution >= 4 is 21.7 Å². The maximum Gasteiger partial charge on any atom is 0.134 e. The molecule has 0 aliphatic carbocycles. The van der Waals surface area contributed by atoms with E-state index < -0.39 is 0 Å². The van der Waals surface area contributed by atoms with Crippen molar-refractivity contribution < 1.29 is 9.53 Å². The topological polar surface area (TPSA) is 26.3 Å². The van der Waals surface area contributed by atoms with Crippen LogP contribution >= 0.6 is 15.9 Å². The van der Waals surface area contributed by atoms with E-state index in [1.807, 2.05) is 24.3 Å². The molecule has 0 aliphatic heterocycles. The standard InChI is InChI=1S/C11H13BrO2/c1-9(13)8-10-2-4-11(5-3-10)14-7-6-12/h2-5H,6-8H2,1H3. The third kappa shape index (κ3) is 3.92. The number of Topliss-reactive ketones (excluding diaryl/α,β-unsaturated/α-hetero) is 1. The number of hydrogen-bond acceptors (Lipinski definition) is 2. The van der Waals surface area contributed by atoms with Crippen LogP contribution < -0.4 is 4.74 Å². The molecule has 14 heavy (non-hydrogen) atoms. The fraction of sp³-hybridized carbons (Fsp3) is 0.364. The van der Waals surface area contributed by atoms with Gasteiger partial charge in [-0.25, -0.2) is 0 Å². The van der Waals surface area contributed by atoms with Crippen LogP contribution in [0.2, 0.25) is 0 Å². The maximum atomic E-state index is 10.8. The maximum absolute atomic E-state index is 10.8. The lowest BCUT2D eigenvalue weighted by Gasteiger charge is -2.04. The van der Waals surface area contributed by atoms with Gasteiger partial charge in [-0.1, -0.05) is 28.1 Å². The lowest BCUT2D eigenvalue weighted by Crippen LogP contribution is -1.99. The van der Waals surface area contributed by atoms with Crippen molar-refractivity contribution in [3.05, 3.63) is 29.8 Å². The van der Waals surface area contributed by atoms with Crippen molar-refractivity contribution in [1.82, 2.24) is 0 Å². The first-order valence-electron chi connectivity index (χ1n) is 4.49. The number of alkyl halides is 1. The van der Waals surface area contributed by atoms with Gasteiger partial charge in [0.05, 0.1) is 6.61 Å². The summed E-state index contributed by atoms with van der Waals surface area (Å²) in [7, 11) is 0. The second-order valence-corrected chi connectivity index (χ2v) is 3.85. The van der Waals surface area contributed by atoms with Crippen LogP contribution in [-0.2, 0) is 11.2 Å². The van der Waals surface area contributed by atoms with Crippen LogP contribution in [0.15, 0.2) is 24.3 Å². The summed E-state index contributed by atoms with van der Waals surface area (Å²) < 4.78 is 5.38. The van der Waals surface area contributed by atoms with Gasteiger partial charge in [-0.3, -0.25) is 4.79 Å². The number of carbonyl (C=O) groups is 1. The number of ether oxygens (including phenoxy) is 1. The minimum Gasteiger partial charge on any atom is -0.493 e. The summed E-state index contributed by atoms with van der Waals surface area (Å²) in [5.41, 5.74) is 1.03. The first-order chi connectivity index (χ1) is 6.72. The molecule has 0 heterocycles. The quantitative estimate of drug-likeness (QED) is 0.758. The SMILES string of the molecule is CC(=O)Cc1ccc(OCCBr)cc1. The zero-order valence-electron chi connectivity index (χ0n) is 8.13. The lowest BCUT2D eigenvalue weighted by molar-refractivity contribution is -0.116. The van der Waals surface area contributed by atoms with Gasteiger partial charge in [0.1, 0.15) is 11.5 Å². The van der Waals surface area contributed by atoms with E-state index in [1.165, 1.54) is 0 Å². The van der Waals surface area contributed by atoms with E-state index in [-0.39, 0.29) is 5.78 Å². The first-order valence-corrected chi connectivity index (χ1v) is 5.61. The molecule has 0 saturated carbocycles. The van der Waals surface area contributed by atoms with Crippen molar-refractivity contribution in [2.75, 3.05) is 11.9 Å². The highest BCUT2D eigenvalue weighted by atomic mass is 79.9. The average molecular weight is 257 g/mol. The first kappa shape index (κ1) is 11.2. The van der Waals surface area contributed by atoms with Gasteiger partial charge >= 0.3 is 0 Å². The number of carbonyl (C=O) groups excluding carboxylic acids is 1. The molecule has 0 fully saturated rings. The number of halogens is 1. The van der Waals surface area contributed by atoms with Gasteiger partial charge in [0.25, 0.3) is 0 Å². The summed E-state index contributed by atoms with van der Waals surface area (Å²) >= 11 is 3.28. The molecule has 0 amide bonds. The van der Waals surface area contributed by atoms with E-state index in [4.69, 9.17) is 4.74 Å². The zero-order valence-corrected chi connectivity index (χ0v) is 9.71. The van der Waals surface area contributed by atoms with E-state index >= 15 is 0 Å². The highest BCUT2D eigenvalue weighted by Crippen LogP contribution is 2.12. The fourth-order valence-corrected chi connectivity index (χ4v) is 1.31. The van der Waals surface area contributed by atoms with Crippen molar-refractivity contribution in [1.29, 1.82) is 0 Å². The van der Waals surface area contributed by atoms with Crippen LogP contribution in [0.5, 0.6) is 5.75 Å². The van der Waals surface area contributed by atoms with Gasteiger partial charge in [-0.15, -0.1) is 0 Å². The fourth-order valence-electron chi connectivity index (χ4n) is 1.15. The molecule has 76 valence electrons. The molecule has 0 N–H and O–H groups in total. The molecule has 1 aromatic rings. The molecule has 0 radical (unpaired) electrons. The third-order valence-electron chi connectivity index (χ3n) is 1.72. The van der Waals surface area contributed by atoms with Gasteiger partial charge in [-0.05, 0) is 24.6 Å². The van der Waals surface area contributed by atoms with Gasteiger partial charge < -0.3 is 4.74 Å². The van der Waals surface area contributed by atoms with Gasteiger partial charge in [0.15, 0.2) is 0 Å². The monoisotopic (exact) mass is 256 g/mol. The highest BCUT2D eigenvalue weighted by molar-refractivity contribution is 9.09. The second-order valence-electron chi connectivity index (χ2n) is 3.06. The number of hydrogen-bond donors (Lipinski definition) is 0. The minimum atomic E-state index is 0.180. The van der Waals surface area contributed by atoms with Crippen molar-refractivity contribution in [3.63, 3.8) is 0 Å². The van der Waals surface area contributed by atoms with Crippen LogP contribution in [0, 0.1) is 0 Å². The molecule has 3 heteroatoms. The Morgan fingerprint density at radius 2 is 2.00 bits per heavy atom. The van der Waals surface area contributed by atoms with Crippen LogP contribution in [-0.4, -0.2) is 17.7 Å². The average Bonchev–Trinajstić information content (AvgIpc) is 2.16. The molecule has 1 aromatic carbocycles. The summed E-state index contributed by atoms with van der Waals surface area (Å²) in [5.74, 6) is 1.02. The molecule has 1 rings (SSSR count).